The fourth-order valence-corrected chi connectivity index (χ4v) is 0.548. The number of hydrogen-bond donors (Lipinski definition) is 0. The number of ketones is 1. The molecule has 0 bridgehead atoms. The predicted molar refractivity (Wildman–Crippen MR) is 39.7 cm³/mol. The average molecular weight is 180 g/mol. The number of carbonyl (C=O) groups is 1. The van der Waals surface area contributed by atoms with E-state index in [0.29, 0.717) is 0 Å². The summed E-state index contributed by atoms with van der Waals surface area (Å²) in [5.74, 6) is -1.75. The van der Waals surface area contributed by atoms with Crippen molar-refractivity contribution in [1.29, 1.82) is 0 Å². The van der Waals surface area contributed by atoms with E-state index in [0.717, 1.165) is 0 Å². The van der Waals surface area contributed by atoms with Gasteiger partial charge in [0.2, 0.25) is 5.78 Å². The van der Waals surface area contributed by atoms with E-state index in [1.54, 1.807) is 0 Å². The van der Waals surface area contributed by atoms with Crippen LogP contribution in [0.4, 0.5) is 13.2 Å². The highest BCUT2D eigenvalue weighted by molar-refractivity contribution is 5.91. The largest absolute Gasteiger partial charge is 0.450 e. The summed E-state index contributed by atoms with van der Waals surface area (Å²) in [5, 5.41) is 0. The zero-order valence-corrected chi connectivity index (χ0v) is 7.25. The Kier molecular flexibility index (Phi) is 2.72. The number of hydrogen-bond acceptors (Lipinski definition) is 1. The summed E-state index contributed by atoms with van der Waals surface area (Å²) in [4.78, 5) is 10.7. The minimum absolute atomic E-state index is 0.213. The monoisotopic (exact) mass is 180 g/mol. The number of allylic oxidation sites excluding steroid dienone is 1. The van der Waals surface area contributed by atoms with E-state index in [9.17, 15) is 18.0 Å². The maximum Gasteiger partial charge on any atom is 0.450 e. The van der Waals surface area contributed by atoms with Crippen LogP contribution in [0.15, 0.2) is 12.2 Å². The van der Waals surface area contributed by atoms with Gasteiger partial charge in [-0.15, -0.1) is 0 Å². The van der Waals surface area contributed by atoms with Crippen LogP contribution in [0.25, 0.3) is 0 Å². The second-order valence-electron chi connectivity index (χ2n) is 3.23. The summed E-state index contributed by atoms with van der Waals surface area (Å²) in [6, 6.07) is 0. The molecule has 0 heterocycles. The van der Waals surface area contributed by atoms with Gasteiger partial charge >= 0.3 is 6.18 Å². The molecule has 0 saturated heterocycles. The van der Waals surface area contributed by atoms with Gasteiger partial charge in [-0.1, -0.05) is 12.2 Å². The molecule has 0 unspecified atom stereocenters. The number of halogens is 3. The Bertz CT molecular complexity index is 213. The Labute approximate surface area is 69.3 Å². The quantitative estimate of drug-likeness (QED) is 0.597. The van der Waals surface area contributed by atoms with Crippen LogP contribution in [-0.2, 0) is 4.79 Å². The van der Waals surface area contributed by atoms with E-state index in [-0.39, 0.29) is 5.57 Å². The Balaban J connectivity index is 4.83. The average Bonchev–Trinajstić information content (AvgIpc) is 1.83. The first-order valence-electron chi connectivity index (χ1n) is 3.37. The predicted octanol–water partition coefficient (Wildman–Crippen LogP) is 2.72. The molecule has 0 radical (unpaired) electrons. The first-order valence-corrected chi connectivity index (χ1v) is 3.37. The molecule has 0 aliphatic carbocycles. The SMILES string of the molecule is C=C(C)C(C)(C)C(=O)C(F)(F)F. The van der Waals surface area contributed by atoms with E-state index < -0.39 is 17.4 Å². The maximum absolute atomic E-state index is 11.9. The van der Waals surface area contributed by atoms with Crippen LogP contribution in [-0.4, -0.2) is 12.0 Å². The molecule has 0 aromatic rings. The molecule has 0 rings (SSSR count). The number of rotatable bonds is 2. The van der Waals surface area contributed by atoms with Crippen LogP contribution in [0, 0.1) is 5.41 Å². The molecule has 0 aromatic heterocycles. The maximum atomic E-state index is 11.9. The van der Waals surface area contributed by atoms with Gasteiger partial charge in [0.15, 0.2) is 0 Å². The molecule has 0 amide bonds. The lowest BCUT2D eigenvalue weighted by molar-refractivity contribution is -0.178. The van der Waals surface area contributed by atoms with E-state index in [1.807, 2.05) is 0 Å². The molecule has 0 spiro atoms. The van der Waals surface area contributed by atoms with Gasteiger partial charge in [0.1, 0.15) is 0 Å². The Morgan fingerprint density at radius 3 is 1.67 bits per heavy atom. The molecule has 0 fully saturated rings. The fraction of sp³-hybridized carbons (Fsp3) is 0.625. The standard InChI is InChI=1S/C8H11F3O/c1-5(2)7(3,4)6(12)8(9,10)11/h1H2,2-4H3. The highest BCUT2D eigenvalue weighted by Crippen LogP contribution is 2.33. The third-order valence-electron chi connectivity index (χ3n) is 1.89. The molecule has 12 heavy (non-hydrogen) atoms. The first kappa shape index (κ1) is 11.2. The van der Waals surface area contributed by atoms with Crippen LogP contribution in [0.1, 0.15) is 20.8 Å². The van der Waals surface area contributed by atoms with Crippen molar-refractivity contribution in [2.45, 2.75) is 26.9 Å². The smallest absolute Gasteiger partial charge is 0.289 e. The molecule has 0 saturated carbocycles. The number of Topliss-reactive ketones (excluding diaryl/α,β-unsaturated/α-hetero) is 1. The molecule has 0 aliphatic heterocycles. The highest BCUT2D eigenvalue weighted by atomic mass is 19.4. The van der Waals surface area contributed by atoms with Gasteiger partial charge in [-0.25, -0.2) is 0 Å². The van der Waals surface area contributed by atoms with Crippen LogP contribution < -0.4 is 0 Å². The number of carbonyl (C=O) groups excluding carboxylic acids is 1. The molecule has 70 valence electrons. The van der Waals surface area contributed by atoms with Gasteiger partial charge < -0.3 is 0 Å². The Morgan fingerprint density at radius 1 is 1.25 bits per heavy atom. The van der Waals surface area contributed by atoms with E-state index >= 15 is 0 Å². The van der Waals surface area contributed by atoms with Crippen LogP contribution >= 0.6 is 0 Å². The molecular formula is C8H11F3O. The van der Waals surface area contributed by atoms with Gasteiger partial charge in [0.05, 0.1) is 5.41 Å². The van der Waals surface area contributed by atoms with E-state index in [1.165, 1.54) is 20.8 Å². The van der Waals surface area contributed by atoms with Gasteiger partial charge in [0.25, 0.3) is 0 Å². The molecule has 4 heteroatoms. The lowest BCUT2D eigenvalue weighted by Crippen LogP contribution is -2.37. The normalized spacial score (nSPS) is 12.8. The lowest BCUT2D eigenvalue weighted by Gasteiger charge is -2.24. The van der Waals surface area contributed by atoms with Crippen molar-refractivity contribution < 1.29 is 18.0 Å². The first-order chi connectivity index (χ1) is 5.10. The molecule has 0 aromatic carbocycles. The van der Waals surface area contributed by atoms with Gasteiger partial charge in [0, 0.05) is 0 Å². The molecular weight excluding hydrogens is 169 g/mol. The Morgan fingerprint density at radius 2 is 1.58 bits per heavy atom. The van der Waals surface area contributed by atoms with Gasteiger partial charge in [-0.3, -0.25) is 4.79 Å². The second-order valence-corrected chi connectivity index (χ2v) is 3.23. The molecule has 0 N–H and O–H groups in total. The van der Waals surface area contributed by atoms with Crippen molar-refractivity contribution in [3.05, 3.63) is 12.2 Å². The second kappa shape index (κ2) is 2.92. The minimum Gasteiger partial charge on any atom is -0.289 e. The van der Waals surface area contributed by atoms with Gasteiger partial charge in [-0.2, -0.15) is 13.2 Å². The minimum atomic E-state index is -4.78. The topological polar surface area (TPSA) is 17.1 Å². The van der Waals surface area contributed by atoms with Crippen molar-refractivity contribution in [1.82, 2.24) is 0 Å². The fourth-order valence-electron chi connectivity index (χ4n) is 0.548. The third kappa shape index (κ3) is 2.09. The summed E-state index contributed by atoms with van der Waals surface area (Å²) in [5.41, 5.74) is -1.30. The molecule has 0 aliphatic rings. The summed E-state index contributed by atoms with van der Waals surface area (Å²) < 4.78 is 35.7. The molecule has 0 atom stereocenters. The number of alkyl halides is 3. The zero-order chi connectivity index (χ0) is 10.2. The molecule has 1 nitrogen and oxygen atoms in total. The van der Waals surface area contributed by atoms with E-state index in [2.05, 4.69) is 6.58 Å². The Hall–Kier alpha value is -0.800. The van der Waals surface area contributed by atoms with Crippen molar-refractivity contribution in [3.8, 4) is 0 Å². The summed E-state index contributed by atoms with van der Waals surface area (Å²) in [6.07, 6.45) is -4.78. The van der Waals surface area contributed by atoms with Crippen molar-refractivity contribution >= 4 is 5.78 Å². The van der Waals surface area contributed by atoms with E-state index in [4.69, 9.17) is 0 Å². The summed E-state index contributed by atoms with van der Waals surface area (Å²) in [7, 11) is 0. The van der Waals surface area contributed by atoms with Crippen molar-refractivity contribution in [2.75, 3.05) is 0 Å². The lowest BCUT2D eigenvalue weighted by atomic mass is 9.81. The summed E-state index contributed by atoms with van der Waals surface area (Å²) in [6.45, 7) is 7.17. The highest BCUT2D eigenvalue weighted by Gasteiger charge is 2.47. The van der Waals surface area contributed by atoms with Crippen molar-refractivity contribution in [2.24, 2.45) is 5.41 Å². The van der Waals surface area contributed by atoms with Crippen molar-refractivity contribution in [3.63, 3.8) is 0 Å². The zero-order valence-electron chi connectivity index (χ0n) is 7.25. The van der Waals surface area contributed by atoms with Crippen LogP contribution in [0.5, 0.6) is 0 Å². The van der Waals surface area contributed by atoms with Gasteiger partial charge in [-0.05, 0) is 20.8 Å². The van der Waals surface area contributed by atoms with Crippen LogP contribution in [0.2, 0.25) is 0 Å². The summed E-state index contributed by atoms with van der Waals surface area (Å²) >= 11 is 0. The van der Waals surface area contributed by atoms with Crippen LogP contribution in [0.3, 0.4) is 0 Å². The third-order valence-corrected chi connectivity index (χ3v) is 1.89.